The average molecular weight is 395 g/mol. The van der Waals surface area contributed by atoms with E-state index in [1.807, 2.05) is 12.4 Å². The second-order valence-corrected chi connectivity index (χ2v) is 8.44. The van der Waals surface area contributed by atoms with Crippen molar-refractivity contribution < 1.29 is 0 Å². The Balaban J connectivity index is 1.37. The predicted octanol–water partition coefficient (Wildman–Crippen LogP) is 3.76. The van der Waals surface area contributed by atoms with Crippen LogP contribution in [0, 0.1) is 0 Å². The van der Waals surface area contributed by atoms with Crippen molar-refractivity contribution in [2.75, 3.05) is 31.1 Å². The second kappa shape index (κ2) is 9.61. The van der Waals surface area contributed by atoms with Gasteiger partial charge in [0.2, 0.25) is 5.95 Å². The van der Waals surface area contributed by atoms with Crippen LogP contribution >= 0.6 is 0 Å². The van der Waals surface area contributed by atoms with Gasteiger partial charge in [-0.3, -0.25) is 4.90 Å². The van der Waals surface area contributed by atoms with E-state index in [0.717, 1.165) is 76.6 Å². The average Bonchev–Trinajstić information content (AvgIpc) is 3.31. The maximum atomic E-state index is 5.00. The first-order valence-electron chi connectivity index (χ1n) is 11.4. The van der Waals surface area contributed by atoms with Gasteiger partial charge in [0, 0.05) is 61.3 Å². The Bertz CT molecular complexity index is 776. The molecule has 2 aliphatic rings. The Morgan fingerprint density at radius 2 is 1.69 bits per heavy atom. The second-order valence-electron chi connectivity index (χ2n) is 8.44. The lowest BCUT2D eigenvalue weighted by atomic mass is 9.92. The molecule has 4 rings (SSSR count). The van der Waals surface area contributed by atoms with Gasteiger partial charge in [0.15, 0.2) is 0 Å². The van der Waals surface area contributed by atoms with E-state index in [9.17, 15) is 0 Å². The summed E-state index contributed by atoms with van der Waals surface area (Å²) >= 11 is 0. The molecule has 6 heteroatoms. The third-order valence-corrected chi connectivity index (χ3v) is 6.18. The molecular weight excluding hydrogens is 360 g/mol. The van der Waals surface area contributed by atoms with Crippen LogP contribution < -0.4 is 4.90 Å². The topological polar surface area (TPSA) is 58.0 Å². The summed E-state index contributed by atoms with van der Waals surface area (Å²) in [4.78, 5) is 23.7. The molecule has 0 N–H and O–H groups in total. The predicted molar refractivity (Wildman–Crippen MR) is 116 cm³/mol. The Kier molecular flexibility index (Phi) is 6.70. The molecule has 156 valence electrons. The molecule has 0 aliphatic carbocycles. The van der Waals surface area contributed by atoms with Crippen LogP contribution in [0.15, 0.2) is 18.5 Å². The minimum absolute atomic E-state index is 0.545. The zero-order valence-corrected chi connectivity index (χ0v) is 18.0. The van der Waals surface area contributed by atoms with Crippen molar-refractivity contribution in [3.8, 4) is 0 Å². The van der Waals surface area contributed by atoms with Gasteiger partial charge in [0.05, 0.1) is 0 Å². The summed E-state index contributed by atoms with van der Waals surface area (Å²) in [7, 11) is 0. The fourth-order valence-corrected chi connectivity index (χ4v) is 4.41. The highest BCUT2D eigenvalue weighted by molar-refractivity contribution is 5.34. The summed E-state index contributed by atoms with van der Waals surface area (Å²) in [5.74, 6) is 2.46. The van der Waals surface area contributed by atoms with Crippen LogP contribution in [0.3, 0.4) is 0 Å². The lowest BCUT2D eigenvalue weighted by molar-refractivity contribution is 0.203. The Morgan fingerprint density at radius 1 is 0.966 bits per heavy atom. The molecule has 2 aliphatic heterocycles. The third kappa shape index (κ3) is 5.10. The molecular formula is C23H34N6. The van der Waals surface area contributed by atoms with Gasteiger partial charge in [0.1, 0.15) is 5.82 Å². The molecule has 0 atom stereocenters. The molecule has 0 saturated carbocycles. The van der Waals surface area contributed by atoms with E-state index in [-0.39, 0.29) is 0 Å². The van der Waals surface area contributed by atoms with Gasteiger partial charge in [-0.15, -0.1) is 0 Å². The van der Waals surface area contributed by atoms with Crippen LogP contribution in [-0.4, -0.2) is 51.0 Å². The molecule has 2 fully saturated rings. The summed E-state index contributed by atoms with van der Waals surface area (Å²) in [6, 6.07) is 2.25. The minimum atomic E-state index is 0.545. The molecule has 2 aromatic rings. The zero-order chi connectivity index (χ0) is 20.1. The summed E-state index contributed by atoms with van der Waals surface area (Å²) in [6.45, 7) is 9.71. The summed E-state index contributed by atoms with van der Waals surface area (Å²) in [5, 5.41) is 0. The number of likely N-dealkylation sites (tertiary alicyclic amines) is 1. The number of aromatic nitrogens is 4. The van der Waals surface area contributed by atoms with Crippen molar-refractivity contribution in [2.24, 2.45) is 0 Å². The maximum absolute atomic E-state index is 5.00. The fourth-order valence-electron chi connectivity index (χ4n) is 4.41. The number of hydrogen-bond acceptors (Lipinski definition) is 6. The van der Waals surface area contributed by atoms with Gasteiger partial charge in [-0.1, -0.05) is 13.8 Å². The van der Waals surface area contributed by atoms with Gasteiger partial charge >= 0.3 is 0 Å². The smallest absolute Gasteiger partial charge is 0.225 e. The third-order valence-electron chi connectivity index (χ3n) is 6.18. The molecule has 0 radical (unpaired) electrons. The molecule has 2 saturated heterocycles. The Morgan fingerprint density at radius 3 is 2.34 bits per heavy atom. The van der Waals surface area contributed by atoms with E-state index in [2.05, 4.69) is 39.7 Å². The largest absolute Gasteiger partial charge is 0.341 e. The highest BCUT2D eigenvalue weighted by atomic mass is 15.3. The maximum Gasteiger partial charge on any atom is 0.225 e. The molecule has 0 unspecified atom stereocenters. The Hall–Kier alpha value is -2.08. The van der Waals surface area contributed by atoms with Gasteiger partial charge in [0.25, 0.3) is 0 Å². The highest BCUT2D eigenvalue weighted by Gasteiger charge is 2.24. The molecule has 0 amide bonds. The molecule has 29 heavy (non-hydrogen) atoms. The van der Waals surface area contributed by atoms with E-state index >= 15 is 0 Å². The summed E-state index contributed by atoms with van der Waals surface area (Å²) in [5.41, 5.74) is 3.66. The van der Waals surface area contributed by atoms with Crippen molar-refractivity contribution in [2.45, 2.75) is 71.3 Å². The van der Waals surface area contributed by atoms with Crippen LogP contribution in [0.2, 0.25) is 0 Å². The normalized spacial score (nSPS) is 18.5. The van der Waals surface area contributed by atoms with Crippen LogP contribution in [0.5, 0.6) is 0 Å². The Labute approximate surface area is 174 Å². The number of nitrogens with zero attached hydrogens (tertiary/aromatic N) is 6. The van der Waals surface area contributed by atoms with Crippen LogP contribution in [-0.2, 0) is 19.4 Å². The van der Waals surface area contributed by atoms with E-state index in [4.69, 9.17) is 9.97 Å². The van der Waals surface area contributed by atoms with Crippen molar-refractivity contribution in [1.82, 2.24) is 24.8 Å². The summed E-state index contributed by atoms with van der Waals surface area (Å²) < 4.78 is 0. The van der Waals surface area contributed by atoms with E-state index < -0.39 is 0 Å². The first-order valence-corrected chi connectivity index (χ1v) is 11.4. The molecule has 0 bridgehead atoms. The fraction of sp³-hybridized carbons (Fsp3) is 0.652. The number of hydrogen-bond donors (Lipinski definition) is 0. The molecule has 0 spiro atoms. The lowest BCUT2D eigenvalue weighted by Crippen LogP contribution is -2.33. The number of anilines is 1. The number of aryl methyl sites for hydroxylation is 2. The van der Waals surface area contributed by atoms with E-state index in [1.165, 1.54) is 29.8 Å². The van der Waals surface area contributed by atoms with Crippen LogP contribution in [0.1, 0.15) is 74.6 Å². The van der Waals surface area contributed by atoms with Crippen LogP contribution in [0.4, 0.5) is 5.95 Å². The molecule has 6 nitrogen and oxygen atoms in total. The van der Waals surface area contributed by atoms with Gasteiger partial charge in [-0.2, -0.15) is 0 Å². The van der Waals surface area contributed by atoms with Crippen molar-refractivity contribution in [3.63, 3.8) is 0 Å². The standard InChI is InChI=1S/C23H34N6/c1-3-7-22-24-15-18(16-25-22)17-28-12-8-19(9-13-28)21-14-20(4-2)26-23(27-21)29-10-5-6-11-29/h14-16,19H,3-13,17H2,1-2H3. The van der Waals surface area contributed by atoms with Gasteiger partial charge in [-0.05, 0) is 57.7 Å². The van der Waals surface area contributed by atoms with Crippen molar-refractivity contribution in [1.29, 1.82) is 0 Å². The quantitative estimate of drug-likeness (QED) is 0.713. The number of piperidine rings is 1. The van der Waals surface area contributed by atoms with Crippen LogP contribution in [0.25, 0.3) is 0 Å². The van der Waals surface area contributed by atoms with Crippen molar-refractivity contribution in [3.05, 3.63) is 41.2 Å². The number of rotatable bonds is 7. The monoisotopic (exact) mass is 394 g/mol. The molecule has 2 aromatic heterocycles. The molecule has 4 heterocycles. The highest BCUT2D eigenvalue weighted by Crippen LogP contribution is 2.29. The minimum Gasteiger partial charge on any atom is -0.341 e. The van der Waals surface area contributed by atoms with E-state index in [1.54, 1.807) is 0 Å². The zero-order valence-electron chi connectivity index (χ0n) is 18.0. The summed E-state index contributed by atoms with van der Waals surface area (Å²) in [6.07, 6.45) is 11.9. The lowest BCUT2D eigenvalue weighted by Gasteiger charge is -2.32. The first kappa shape index (κ1) is 20.2. The van der Waals surface area contributed by atoms with Gasteiger partial charge in [-0.25, -0.2) is 19.9 Å². The molecule has 0 aromatic carbocycles. The van der Waals surface area contributed by atoms with Gasteiger partial charge < -0.3 is 4.90 Å². The first-order chi connectivity index (χ1) is 14.2. The SMILES string of the molecule is CCCc1ncc(CN2CCC(c3cc(CC)nc(N4CCCC4)n3)CC2)cn1. The van der Waals surface area contributed by atoms with E-state index in [0.29, 0.717) is 5.92 Å². The van der Waals surface area contributed by atoms with Crippen molar-refractivity contribution >= 4 is 5.95 Å².